The van der Waals surface area contributed by atoms with Crippen LogP contribution in [0.5, 0.6) is 0 Å². The van der Waals surface area contributed by atoms with Gasteiger partial charge in [0.1, 0.15) is 11.6 Å². The minimum absolute atomic E-state index is 0.0387. The maximum atomic E-state index is 13.5. The normalized spacial score (nSPS) is 10.6. The van der Waals surface area contributed by atoms with Gasteiger partial charge in [-0.05, 0) is 6.07 Å². The summed E-state index contributed by atoms with van der Waals surface area (Å²) in [7, 11) is 0. The second-order valence-electron chi connectivity index (χ2n) is 3.82. The number of carbonyl (C=O) groups is 1. The van der Waals surface area contributed by atoms with Crippen LogP contribution in [0.3, 0.4) is 0 Å². The molecule has 1 aromatic heterocycles. The summed E-state index contributed by atoms with van der Waals surface area (Å²) >= 11 is 0. The molecule has 1 heterocycles. The maximum Gasteiger partial charge on any atom is 0.288 e. The van der Waals surface area contributed by atoms with Crippen molar-refractivity contribution in [3.05, 3.63) is 47.3 Å². The molecule has 2 aromatic rings. The molecule has 0 aliphatic rings. The number of aryl methyl sites for hydroxylation is 1. The molecule has 0 aliphatic carbocycles. The zero-order valence-electron chi connectivity index (χ0n) is 9.93. The largest absolute Gasteiger partial charge is 0.363 e. The number of carbonyl (C=O) groups excluding carboxylic acids is 1. The third-order valence-corrected chi connectivity index (χ3v) is 2.56. The van der Waals surface area contributed by atoms with Crippen LogP contribution < -0.4 is 5.73 Å². The zero-order chi connectivity index (χ0) is 13.1. The molecular formula is C12H13FN4O. The van der Waals surface area contributed by atoms with Gasteiger partial charge in [0, 0.05) is 12.0 Å². The molecule has 0 bridgehead atoms. The quantitative estimate of drug-likeness (QED) is 0.881. The molecular weight excluding hydrogens is 235 g/mol. The highest BCUT2D eigenvalue weighted by atomic mass is 19.1. The Morgan fingerprint density at radius 3 is 2.78 bits per heavy atom. The minimum Gasteiger partial charge on any atom is -0.363 e. The van der Waals surface area contributed by atoms with Crippen molar-refractivity contribution in [1.82, 2.24) is 14.8 Å². The Morgan fingerprint density at radius 1 is 1.44 bits per heavy atom. The number of nitrogens with zero attached hydrogens (tertiary/aromatic N) is 3. The van der Waals surface area contributed by atoms with Crippen molar-refractivity contribution in [2.75, 3.05) is 0 Å². The molecule has 2 rings (SSSR count). The Morgan fingerprint density at radius 2 is 2.17 bits per heavy atom. The lowest BCUT2D eigenvalue weighted by atomic mass is 10.2. The molecule has 94 valence electrons. The molecule has 5 nitrogen and oxygen atoms in total. The van der Waals surface area contributed by atoms with Gasteiger partial charge in [0.05, 0.1) is 6.54 Å². The van der Waals surface area contributed by atoms with Gasteiger partial charge < -0.3 is 5.73 Å². The Bertz CT molecular complexity index is 579. The van der Waals surface area contributed by atoms with Crippen LogP contribution in [0.4, 0.5) is 4.39 Å². The fourth-order valence-electron chi connectivity index (χ4n) is 1.65. The zero-order valence-corrected chi connectivity index (χ0v) is 9.93. The van der Waals surface area contributed by atoms with Crippen LogP contribution >= 0.6 is 0 Å². The summed E-state index contributed by atoms with van der Waals surface area (Å²) in [5.41, 5.74) is 5.62. The maximum absolute atomic E-state index is 13.5. The van der Waals surface area contributed by atoms with Gasteiger partial charge in [-0.2, -0.15) is 0 Å². The number of hydrogen-bond donors (Lipinski definition) is 1. The summed E-state index contributed by atoms with van der Waals surface area (Å²) in [6.45, 7) is 2.11. The lowest BCUT2D eigenvalue weighted by Gasteiger charge is -2.05. The van der Waals surface area contributed by atoms with Crippen LogP contribution in [-0.4, -0.2) is 20.7 Å². The molecule has 1 amide bonds. The highest BCUT2D eigenvalue weighted by molar-refractivity contribution is 5.88. The first kappa shape index (κ1) is 12.2. The SMILES string of the molecule is CCc1nc(C(N)=O)nn1Cc1ccccc1F. The second kappa shape index (κ2) is 4.95. The Balaban J connectivity index is 2.34. The van der Waals surface area contributed by atoms with Crippen molar-refractivity contribution in [3.63, 3.8) is 0 Å². The average Bonchev–Trinajstić information content (AvgIpc) is 2.75. The van der Waals surface area contributed by atoms with E-state index in [1.165, 1.54) is 10.7 Å². The molecule has 0 spiro atoms. The predicted octanol–water partition coefficient (Wildman–Crippen LogP) is 1.13. The van der Waals surface area contributed by atoms with E-state index in [0.717, 1.165) is 0 Å². The van der Waals surface area contributed by atoms with Gasteiger partial charge in [-0.3, -0.25) is 4.79 Å². The van der Waals surface area contributed by atoms with Crippen molar-refractivity contribution in [2.24, 2.45) is 5.73 Å². The lowest BCUT2D eigenvalue weighted by Crippen LogP contribution is -2.14. The summed E-state index contributed by atoms with van der Waals surface area (Å²) in [5.74, 6) is -0.428. The van der Waals surface area contributed by atoms with Gasteiger partial charge in [0.15, 0.2) is 0 Å². The number of nitrogens with two attached hydrogens (primary N) is 1. The molecule has 0 saturated carbocycles. The van der Waals surface area contributed by atoms with Crippen molar-refractivity contribution >= 4 is 5.91 Å². The standard InChI is InChI=1S/C12H13FN4O/c1-2-10-15-12(11(14)18)16-17(10)7-8-5-3-4-6-9(8)13/h3-6H,2,7H2,1H3,(H2,14,18). The molecule has 0 aliphatic heterocycles. The molecule has 2 N–H and O–H groups in total. The van der Waals surface area contributed by atoms with E-state index in [0.29, 0.717) is 17.8 Å². The molecule has 0 radical (unpaired) electrons. The molecule has 0 saturated heterocycles. The van der Waals surface area contributed by atoms with Crippen LogP contribution in [-0.2, 0) is 13.0 Å². The van der Waals surface area contributed by atoms with Crippen molar-refractivity contribution < 1.29 is 9.18 Å². The van der Waals surface area contributed by atoms with Gasteiger partial charge >= 0.3 is 0 Å². The van der Waals surface area contributed by atoms with Crippen LogP contribution in [0.2, 0.25) is 0 Å². The van der Waals surface area contributed by atoms with Gasteiger partial charge in [-0.15, -0.1) is 5.10 Å². The Labute approximate surface area is 103 Å². The molecule has 18 heavy (non-hydrogen) atoms. The van der Waals surface area contributed by atoms with Gasteiger partial charge in [-0.1, -0.05) is 25.1 Å². The van der Waals surface area contributed by atoms with E-state index < -0.39 is 5.91 Å². The van der Waals surface area contributed by atoms with E-state index in [1.807, 2.05) is 6.92 Å². The fourth-order valence-corrected chi connectivity index (χ4v) is 1.65. The molecule has 6 heteroatoms. The van der Waals surface area contributed by atoms with Gasteiger partial charge in [-0.25, -0.2) is 14.1 Å². The highest BCUT2D eigenvalue weighted by Gasteiger charge is 2.13. The number of primary amides is 1. The van der Waals surface area contributed by atoms with Crippen molar-refractivity contribution in [1.29, 1.82) is 0 Å². The Kier molecular flexibility index (Phi) is 3.36. The number of amides is 1. The highest BCUT2D eigenvalue weighted by Crippen LogP contribution is 2.10. The third-order valence-electron chi connectivity index (χ3n) is 2.56. The Hall–Kier alpha value is -2.24. The van der Waals surface area contributed by atoms with E-state index in [-0.39, 0.29) is 18.2 Å². The van der Waals surface area contributed by atoms with Crippen LogP contribution in [0, 0.1) is 5.82 Å². The molecule has 0 fully saturated rings. The van der Waals surface area contributed by atoms with Gasteiger partial charge in [0.25, 0.3) is 5.91 Å². The third kappa shape index (κ3) is 2.37. The second-order valence-corrected chi connectivity index (χ2v) is 3.82. The van der Waals surface area contributed by atoms with Gasteiger partial charge in [0.2, 0.25) is 5.82 Å². The minimum atomic E-state index is -0.683. The van der Waals surface area contributed by atoms with E-state index in [2.05, 4.69) is 10.1 Å². The van der Waals surface area contributed by atoms with E-state index in [9.17, 15) is 9.18 Å². The first-order valence-electron chi connectivity index (χ1n) is 5.58. The number of rotatable bonds is 4. The van der Waals surface area contributed by atoms with Crippen LogP contribution in [0.15, 0.2) is 24.3 Å². The monoisotopic (exact) mass is 248 g/mol. The summed E-state index contributed by atoms with van der Waals surface area (Å²) in [6.07, 6.45) is 0.592. The fraction of sp³-hybridized carbons (Fsp3) is 0.250. The van der Waals surface area contributed by atoms with E-state index >= 15 is 0 Å². The van der Waals surface area contributed by atoms with Crippen LogP contribution in [0.1, 0.15) is 28.9 Å². The number of benzene rings is 1. The summed E-state index contributed by atoms with van der Waals surface area (Å²) in [6, 6.07) is 6.42. The summed E-state index contributed by atoms with van der Waals surface area (Å²) < 4.78 is 15.0. The van der Waals surface area contributed by atoms with E-state index in [4.69, 9.17) is 5.73 Å². The molecule has 0 atom stereocenters. The topological polar surface area (TPSA) is 73.8 Å². The summed E-state index contributed by atoms with van der Waals surface area (Å²) in [5, 5.41) is 3.98. The predicted molar refractivity (Wildman–Crippen MR) is 63.4 cm³/mol. The average molecular weight is 248 g/mol. The molecule has 0 unspecified atom stereocenters. The lowest BCUT2D eigenvalue weighted by molar-refractivity contribution is 0.0990. The summed E-state index contributed by atoms with van der Waals surface area (Å²) in [4.78, 5) is 15.0. The first-order valence-corrected chi connectivity index (χ1v) is 5.58. The smallest absolute Gasteiger partial charge is 0.288 e. The van der Waals surface area contributed by atoms with Crippen molar-refractivity contribution in [2.45, 2.75) is 19.9 Å². The molecule has 1 aromatic carbocycles. The number of hydrogen-bond acceptors (Lipinski definition) is 3. The first-order chi connectivity index (χ1) is 8.61. The van der Waals surface area contributed by atoms with E-state index in [1.54, 1.807) is 18.2 Å². The number of aromatic nitrogens is 3. The van der Waals surface area contributed by atoms with Crippen LogP contribution in [0.25, 0.3) is 0 Å². The number of halogens is 1. The van der Waals surface area contributed by atoms with Crippen molar-refractivity contribution in [3.8, 4) is 0 Å².